The number of rotatable bonds is 6. The molecule has 3 aromatic heterocycles. The molecule has 38 heavy (non-hydrogen) atoms. The summed E-state index contributed by atoms with van der Waals surface area (Å²) in [6, 6.07) is 25.7. The molecule has 0 bridgehead atoms. The Balaban J connectivity index is 1.44. The van der Waals surface area contributed by atoms with Gasteiger partial charge in [0.2, 0.25) is 4.96 Å². The maximum Gasteiger partial charge on any atom is 0.291 e. The van der Waals surface area contributed by atoms with Crippen LogP contribution < -0.4 is 14.8 Å². The molecule has 0 aliphatic heterocycles. The first-order valence-corrected chi connectivity index (χ1v) is 12.9. The van der Waals surface area contributed by atoms with Crippen LogP contribution in [-0.4, -0.2) is 31.5 Å². The van der Waals surface area contributed by atoms with Crippen LogP contribution in [0.2, 0.25) is 0 Å². The van der Waals surface area contributed by atoms with Gasteiger partial charge in [0.15, 0.2) is 5.82 Å². The number of methoxy groups -OCH3 is 1. The minimum atomic E-state index is -0.207. The van der Waals surface area contributed by atoms with Crippen molar-refractivity contribution in [3.8, 4) is 22.7 Å². The highest BCUT2D eigenvalue weighted by molar-refractivity contribution is 7.15. The fourth-order valence-electron chi connectivity index (χ4n) is 4.24. The Morgan fingerprint density at radius 1 is 0.921 bits per heavy atom. The predicted molar refractivity (Wildman–Crippen MR) is 152 cm³/mol. The molecule has 6 aromatic rings. The Morgan fingerprint density at radius 2 is 1.68 bits per heavy atom. The number of aryl methyl sites for hydroxylation is 1. The van der Waals surface area contributed by atoms with Crippen molar-refractivity contribution >= 4 is 34.5 Å². The van der Waals surface area contributed by atoms with Crippen LogP contribution in [0, 0.1) is 6.92 Å². The Bertz CT molecular complexity index is 1890. The summed E-state index contributed by atoms with van der Waals surface area (Å²) < 4.78 is 9.12. The van der Waals surface area contributed by atoms with Gasteiger partial charge < -0.3 is 4.74 Å². The first-order chi connectivity index (χ1) is 18.6. The van der Waals surface area contributed by atoms with Crippen LogP contribution in [-0.2, 0) is 0 Å². The van der Waals surface area contributed by atoms with Crippen molar-refractivity contribution in [3.05, 3.63) is 122 Å². The minimum absolute atomic E-state index is 0.207. The number of nitrogens with zero attached hydrogens (tertiary/aromatic N) is 5. The second-order valence-electron chi connectivity index (χ2n) is 8.72. The smallest absolute Gasteiger partial charge is 0.291 e. The summed E-state index contributed by atoms with van der Waals surface area (Å²) in [5.41, 5.74) is 5.36. The van der Waals surface area contributed by atoms with Gasteiger partial charge >= 0.3 is 0 Å². The molecule has 0 saturated heterocycles. The summed E-state index contributed by atoms with van der Waals surface area (Å²) in [4.78, 5) is 18.4. The van der Waals surface area contributed by atoms with Gasteiger partial charge in [0, 0.05) is 17.3 Å². The van der Waals surface area contributed by atoms with E-state index >= 15 is 0 Å². The van der Waals surface area contributed by atoms with E-state index in [4.69, 9.17) is 9.84 Å². The lowest BCUT2D eigenvalue weighted by Gasteiger charge is -2.07. The van der Waals surface area contributed by atoms with E-state index in [2.05, 4.69) is 10.1 Å². The van der Waals surface area contributed by atoms with Crippen LogP contribution in [0.15, 0.2) is 89.9 Å². The molecule has 0 unspecified atom stereocenters. The Morgan fingerprint density at radius 3 is 2.39 bits per heavy atom. The van der Waals surface area contributed by atoms with E-state index < -0.39 is 0 Å². The van der Waals surface area contributed by atoms with Gasteiger partial charge in [-0.2, -0.15) is 14.6 Å². The van der Waals surface area contributed by atoms with Crippen molar-refractivity contribution in [2.75, 3.05) is 7.11 Å². The molecule has 0 aliphatic rings. The van der Waals surface area contributed by atoms with Crippen LogP contribution >= 0.6 is 11.3 Å². The third-order valence-corrected chi connectivity index (χ3v) is 7.12. The number of ether oxygens (including phenoxy) is 1. The maximum atomic E-state index is 13.3. The average molecular weight is 518 g/mol. The largest absolute Gasteiger partial charge is 0.497 e. The fourth-order valence-corrected chi connectivity index (χ4v) is 5.15. The SMILES string of the molecule is COc1ccc(-c2nn(-c3ccccc3)cc2/C=c2\sc3nc(/C=C/c4ccccc4)nn3c2=O)c(C)c1. The van der Waals surface area contributed by atoms with Gasteiger partial charge in [-0.05, 0) is 60.5 Å². The number of para-hydroxylation sites is 1. The Kier molecular flexibility index (Phi) is 6.15. The normalized spacial score (nSPS) is 12.1. The van der Waals surface area contributed by atoms with E-state index in [9.17, 15) is 4.79 Å². The van der Waals surface area contributed by atoms with Gasteiger partial charge in [0.25, 0.3) is 5.56 Å². The van der Waals surface area contributed by atoms with E-state index in [0.717, 1.165) is 39.4 Å². The van der Waals surface area contributed by atoms with Gasteiger partial charge in [-0.1, -0.05) is 65.9 Å². The first-order valence-electron chi connectivity index (χ1n) is 12.0. The molecule has 0 atom stereocenters. The van der Waals surface area contributed by atoms with Crippen LogP contribution in [0.25, 0.3) is 40.1 Å². The lowest BCUT2D eigenvalue weighted by atomic mass is 10.0. The quantitative estimate of drug-likeness (QED) is 0.310. The minimum Gasteiger partial charge on any atom is -0.497 e. The molecule has 186 valence electrons. The van der Waals surface area contributed by atoms with Crippen molar-refractivity contribution < 1.29 is 4.74 Å². The lowest BCUT2D eigenvalue weighted by molar-refractivity contribution is 0.414. The summed E-state index contributed by atoms with van der Waals surface area (Å²) in [7, 11) is 1.65. The van der Waals surface area contributed by atoms with Gasteiger partial charge in [-0.15, -0.1) is 5.10 Å². The van der Waals surface area contributed by atoms with Crippen molar-refractivity contribution in [1.29, 1.82) is 0 Å². The second-order valence-corrected chi connectivity index (χ2v) is 9.73. The van der Waals surface area contributed by atoms with Gasteiger partial charge in [-0.3, -0.25) is 4.79 Å². The van der Waals surface area contributed by atoms with Gasteiger partial charge in [0.05, 0.1) is 17.3 Å². The monoisotopic (exact) mass is 517 g/mol. The summed E-state index contributed by atoms with van der Waals surface area (Å²) in [5.74, 6) is 1.28. The lowest BCUT2D eigenvalue weighted by Crippen LogP contribution is -2.23. The third-order valence-electron chi connectivity index (χ3n) is 6.16. The van der Waals surface area contributed by atoms with Crippen LogP contribution in [0.1, 0.15) is 22.5 Å². The Labute approximate surface area is 222 Å². The molecule has 0 amide bonds. The zero-order valence-corrected chi connectivity index (χ0v) is 21.6. The molecule has 0 fully saturated rings. The van der Waals surface area contributed by atoms with E-state index in [1.165, 1.54) is 15.9 Å². The van der Waals surface area contributed by atoms with Gasteiger partial charge in [-0.25, -0.2) is 4.68 Å². The molecule has 7 nitrogen and oxygen atoms in total. The van der Waals surface area contributed by atoms with Crippen molar-refractivity contribution in [1.82, 2.24) is 24.4 Å². The number of benzene rings is 3. The molecule has 8 heteroatoms. The summed E-state index contributed by atoms with van der Waals surface area (Å²) >= 11 is 1.31. The molecule has 0 aliphatic carbocycles. The zero-order valence-electron chi connectivity index (χ0n) is 20.8. The topological polar surface area (TPSA) is 74.3 Å². The molecule has 6 rings (SSSR count). The van der Waals surface area contributed by atoms with E-state index in [0.29, 0.717) is 15.3 Å². The second kappa shape index (κ2) is 9.91. The zero-order chi connectivity index (χ0) is 26.1. The number of fused-ring (bicyclic) bond motifs is 1. The highest BCUT2D eigenvalue weighted by Gasteiger charge is 2.15. The summed E-state index contributed by atoms with van der Waals surface area (Å²) in [5, 5.41) is 9.32. The number of hydrogen-bond donors (Lipinski definition) is 0. The molecule has 0 saturated carbocycles. The third kappa shape index (κ3) is 4.53. The maximum absolute atomic E-state index is 13.3. The molecule has 3 heterocycles. The standard InChI is InChI=1S/C30H23N5O2S/c1-20-17-24(37-2)14-15-25(20)28-22(19-34(33-28)23-11-7-4-8-12-23)18-26-29(36)35-30(38-26)31-27(32-35)16-13-21-9-5-3-6-10-21/h3-19H,1-2H3/b16-13+,26-18-. The van der Waals surface area contributed by atoms with Crippen molar-refractivity contribution in [3.63, 3.8) is 0 Å². The van der Waals surface area contributed by atoms with Crippen LogP contribution in [0.4, 0.5) is 0 Å². The fraction of sp³-hybridized carbons (Fsp3) is 0.0667. The molecular formula is C30H23N5O2S. The molecule has 0 N–H and O–H groups in total. The van der Waals surface area contributed by atoms with Crippen molar-refractivity contribution in [2.24, 2.45) is 0 Å². The van der Waals surface area contributed by atoms with Gasteiger partial charge in [0.1, 0.15) is 11.4 Å². The van der Waals surface area contributed by atoms with Crippen molar-refractivity contribution in [2.45, 2.75) is 6.92 Å². The number of thiazole rings is 1. The Hall–Kier alpha value is -4.82. The predicted octanol–water partition coefficient (Wildman–Crippen LogP) is 5.04. The van der Waals surface area contributed by atoms with Crippen LogP contribution in [0.3, 0.4) is 0 Å². The number of aromatic nitrogens is 5. The first kappa shape index (κ1) is 23.6. The number of hydrogen-bond acceptors (Lipinski definition) is 6. The van der Waals surface area contributed by atoms with E-state index in [-0.39, 0.29) is 5.56 Å². The highest BCUT2D eigenvalue weighted by Crippen LogP contribution is 2.29. The molecule has 0 radical (unpaired) electrons. The highest BCUT2D eigenvalue weighted by atomic mass is 32.1. The van der Waals surface area contributed by atoms with Crippen LogP contribution in [0.5, 0.6) is 5.75 Å². The molecular weight excluding hydrogens is 494 g/mol. The molecule has 0 spiro atoms. The summed E-state index contributed by atoms with van der Waals surface area (Å²) in [6.07, 6.45) is 7.55. The summed E-state index contributed by atoms with van der Waals surface area (Å²) in [6.45, 7) is 2.02. The van der Waals surface area contributed by atoms with E-state index in [1.807, 2.05) is 115 Å². The molecule has 3 aromatic carbocycles. The average Bonchev–Trinajstić information content (AvgIpc) is 3.63. The van der Waals surface area contributed by atoms with E-state index in [1.54, 1.807) is 7.11 Å².